The zero-order valence-corrected chi connectivity index (χ0v) is 13.3. The Bertz CT molecular complexity index is 512. The van der Waals surface area contributed by atoms with Crippen LogP contribution in [0.2, 0.25) is 0 Å². The van der Waals surface area contributed by atoms with Crippen molar-refractivity contribution >= 4 is 5.91 Å². The van der Waals surface area contributed by atoms with E-state index < -0.39 is 0 Å². The fraction of sp³-hybridized carbons (Fsp3) is 0.800. The Kier molecular flexibility index (Phi) is 4.73. The Morgan fingerprint density at radius 1 is 1.45 bits per heavy atom. The van der Waals surface area contributed by atoms with Gasteiger partial charge in [-0.1, -0.05) is 18.0 Å². The molecule has 0 bridgehead atoms. The van der Waals surface area contributed by atoms with Crippen LogP contribution < -0.4 is 10.6 Å². The number of amides is 1. The molecule has 2 fully saturated rings. The van der Waals surface area contributed by atoms with E-state index in [0.29, 0.717) is 17.6 Å². The summed E-state index contributed by atoms with van der Waals surface area (Å²) in [7, 11) is 2.07. The third kappa shape index (κ3) is 3.30. The molecule has 3 rings (SSSR count). The molecule has 0 spiro atoms. The molecule has 2 heterocycles. The number of nitrogens with zero attached hydrogens (tertiary/aromatic N) is 3. The second-order valence-electron chi connectivity index (χ2n) is 6.41. The van der Waals surface area contributed by atoms with E-state index in [2.05, 4.69) is 32.7 Å². The monoisotopic (exact) mass is 307 g/mol. The van der Waals surface area contributed by atoms with Crippen molar-refractivity contribution in [2.45, 2.75) is 44.7 Å². The lowest BCUT2D eigenvalue weighted by molar-refractivity contribution is -0.120. The van der Waals surface area contributed by atoms with Crippen molar-refractivity contribution < 1.29 is 9.32 Å². The second-order valence-corrected chi connectivity index (χ2v) is 6.41. The van der Waals surface area contributed by atoms with Crippen molar-refractivity contribution in [3.63, 3.8) is 0 Å². The third-order valence-electron chi connectivity index (χ3n) is 4.76. The maximum Gasteiger partial charge on any atom is 0.249 e. The fourth-order valence-electron chi connectivity index (χ4n) is 3.49. The van der Waals surface area contributed by atoms with Gasteiger partial charge in [0.2, 0.25) is 11.8 Å². The van der Waals surface area contributed by atoms with Gasteiger partial charge in [-0.3, -0.25) is 9.69 Å². The molecule has 1 saturated carbocycles. The first-order valence-corrected chi connectivity index (χ1v) is 8.16. The van der Waals surface area contributed by atoms with E-state index in [-0.39, 0.29) is 18.0 Å². The van der Waals surface area contributed by atoms with Crippen LogP contribution in [0.4, 0.5) is 0 Å². The molecule has 7 nitrogen and oxygen atoms in total. The zero-order valence-electron chi connectivity index (χ0n) is 13.3. The van der Waals surface area contributed by atoms with Crippen molar-refractivity contribution in [2.24, 2.45) is 5.92 Å². The number of carbonyl (C=O) groups excluding carboxylic acids is 1. The number of piperazine rings is 1. The molecule has 2 atom stereocenters. The Balaban J connectivity index is 1.78. The number of hydrogen-bond acceptors (Lipinski definition) is 6. The normalized spacial score (nSPS) is 25.3. The van der Waals surface area contributed by atoms with Gasteiger partial charge < -0.3 is 15.2 Å². The Morgan fingerprint density at radius 3 is 2.91 bits per heavy atom. The lowest BCUT2D eigenvalue weighted by Gasteiger charge is -2.30. The molecule has 1 aromatic heterocycles. The Morgan fingerprint density at radius 2 is 2.23 bits per heavy atom. The molecule has 0 radical (unpaired) electrons. The molecule has 1 saturated heterocycles. The molecule has 7 heteroatoms. The molecule has 2 aliphatic rings. The van der Waals surface area contributed by atoms with E-state index >= 15 is 0 Å². The van der Waals surface area contributed by atoms with E-state index in [0.717, 1.165) is 32.5 Å². The standard InChI is InChI=1S/C15H25N5O2/c1-10(21)17-13(11-5-3-4-6-11)15-18-14(19-22-15)12-9-16-7-8-20(12)2/h11-13,16H,3-9H2,1-2H3,(H,17,21). The van der Waals surface area contributed by atoms with Crippen molar-refractivity contribution in [3.05, 3.63) is 11.7 Å². The zero-order chi connectivity index (χ0) is 15.5. The minimum absolute atomic E-state index is 0.0481. The van der Waals surface area contributed by atoms with Crippen LogP contribution >= 0.6 is 0 Å². The van der Waals surface area contributed by atoms with Gasteiger partial charge in [-0.05, 0) is 25.8 Å². The SMILES string of the molecule is CC(=O)NC(c1nc(C2CNCCN2C)no1)C1CCCC1. The minimum atomic E-state index is -0.150. The highest BCUT2D eigenvalue weighted by molar-refractivity contribution is 5.73. The van der Waals surface area contributed by atoms with E-state index in [4.69, 9.17) is 4.52 Å². The van der Waals surface area contributed by atoms with Crippen LogP contribution in [0.3, 0.4) is 0 Å². The van der Waals surface area contributed by atoms with Gasteiger partial charge in [-0.2, -0.15) is 4.98 Å². The summed E-state index contributed by atoms with van der Waals surface area (Å²) in [6.07, 6.45) is 4.62. The van der Waals surface area contributed by atoms with Crippen LogP contribution in [0.5, 0.6) is 0 Å². The summed E-state index contributed by atoms with van der Waals surface area (Å²) in [5.74, 6) is 1.61. The van der Waals surface area contributed by atoms with Crippen LogP contribution in [0.15, 0.2) is 4.52 Å². The van der Waals surface area contributed by atoms with Gasteiger partial charge in [0.15, 0.2) is 5.82 Å². The number of aromatic nitrogens is 2. The lowest BCUT2D eigenvalue weighted by atomic mass is 9.98. The van der Waals surface area contributed by atoms with Crippen LogP contribution in [0.1, 0.15) is 56.4 Å². The lowest BCUT2D eigenvalue weighted by Crippen LogP contribution is -2.44. The number of hydrogen-bond donors (Lipinski definition) is 2. The quantitative estimate of drug-likeness (QED) is 0.864. The van der Waals surface area contributed by atoms with Gasteiger partial charge in [0, 0.05) is 26.6 Å². The van der Waals surface area contributed by atoms with Gasteiger partial charge in [0.05, 0.1) is 6.04 Å². The third-order valence-corrected chi connectivity index (χ3v) is 4.76. The number of carbonyl (C=O) groups is 1. The maximum atomic E-state index is 11.5. The summed E-state index contributed by atoms with van der Waals surface area (Å²) in [6.45, 7) is 4.31. The Labute approximate surface area is 130 Å². The summed E-state index contributed by atoms with van der Waals surface area (Å²) in [4.78, 5) is 18.4. The summed E-state index contributed by atoms with van der Waals surface area (Å²) in [5.41, 5.74) is 0. The first-order valence-electron chi connectivity index (χ1n) is 8.16. The van der Waals surface area contributed by atoms with Crippen LogP contribution in [-0.2, 0) is 4.79 Å². The molecule has 1 aromatic rings. The van der Waals surface area contributed by atoms with Gasteiger partial charge in [-0.25, -0.2) is 0 Å². The number of likely N-dealkylation sites (N-methyl/N-ethyl adjacent to an activating group) is 1. The van der Waals surface area contributed by atoms with Crippen LogP contribution in [0, 0.1) is 5.92 Å². The molecular formula is C15H25N5O2. The first kappa shape index (κ1) is 15.4. The molecular weight excluding hydrogens is 282 g/mol. The van der Waals surface area contributed by atoms with E-state index in [1.54, 1.807) is 0 Å². The molecule has 1 aliphatic carbocycles. The average Bonchev–Trinajstić information content (AvgIpc) is 3.17. The van der Waals surface area contributed by atoms with Crippen molar-refractivity contribution in [2.75, 3.05) is 26.7 Å². The Hall–Kier alpha value is -1.47. The largest absolute Gasteiger partial charge is 0.344 e. The van der Waals surface area contributed by atoms with E-state index in [9.17, 15) is 4.79 Å². The summed E-state index contributed by atoms with van der Waals surface area (Å²) in [5, 5.41) is 10.5. The molecule has 22 heavy (non-hydrogen) atoms. The fourth-order valence-corrected chi connectivity index (χ4v) is 3.49. The van der Waals surface area contributed by atoms with Gasteiger partial charge in [0.1, 0.15) is 6.04 Å². The van der Waals surface area contributed by atoms with Crippen molar-refractivity contribution in [1.29, 1.82) is 0 Å². The van der Waals surface area contributed by atoms with Crippen LogP contribution in [0.25, 0.3) is 0 Å². The molecule has 0 aromatic carbocycles. The van der Waals surface area contributed by atoms with Crippen molar-refractivity contribution in [3.8, 4) is 0 Å². The van der Waals surface area contributed by atoms with E-state index in [1.807, 2.05) is 0 Å². The second kappa shape index (κ2) is 6.75. The first-order chi connectivity index (χ1) is 10.6. The number of rotatable bonds is 4. The average molecular weight is 307 g/mol. The number of nitrogens with one attached hydrogen (secondary N) is 2. The summed E-state index contributed by atoms with van der Waals surface area (Å²) in [6, 6.07) is -0.0177. The summed E-state index contributed by atoms with van der Waals surface area (Å²) >= 11 is 0. The molecule has 122 valence electrons. The van der Waals surface area contributed by atoms with Gasteiger partial charge >= 0.3 is 0 Å². The highest BCUT2D eigenvalue weighted by Crippen LogP contribution is 2.35. The molecule has 1 amide bonds. The van der Waals surface area contributed by atoms with Gasteiger partial charge in [0.25, 0.3) is 0 Å². The van der Waals surface area contributed by atoms with Gasteiger partial charge in [-0.15, -0.1) is 0 Å². The molecule has 2 N–H and O–H groups in total. The van der Waals surface area contributed by atoms with Crippen LogP contribution in [-0.4, -0.2) is 47.6 Å². The highest BCUT2D eigenvalue weighted by atomic mass is 16.5. The maximum absolute atomic E-state index is 11.5. The molecule has 2 unspecified atom stereocenters. The minimum Gasteiger partial charge on any atom is -0.344 e. The summed E-state index contributed by atoms with van der Waals surface area (Å²) < 4.78 is 5.51. The topological polar surface area (TPSA) is 83.3 Å². The van der Waals surface area contributed by atoms with Crippen molar-refractivity contribution in [1.82, 2.24) is 25.7 Å². The smallest absolute Gasteiger partial charge is 0.249 e. The molecule has 1 aliphatic heterocycles. The van der Waals surface area contributed by atoms with E-state index in [1.165, 1.54) is 19.8 Å². The predicted molar refractivity (Wildman–Crippen MR) is 81.1 cm³/mol. The highest BCUT2D eigenvalue weighted by Gasteiger charge is 2.33. The predicted octanol–water partition coefficient (Wildman–Crippen LogP) is 1.01.